The average Bonchev–Trinajstić information content (AvgIpc) is 2.57. The maximum atomic E-state index is 11.1. The molecule has 0 spiro atoms. The highest BCUT2D eigenvalue weighted by Gasteiger charge is 2.58. The van der Waals surface area contributed by atoms with Crippen LogP contribution in [0.2, 0.25) is 0 Å². The van der Waals surface area contributed by atoms with Crippen LogP contribution < -0.4 is 0 Å². The fraction of sp³-hybridized carbons (Fsp3) is 0.727. The van der Waals surface area contributed by atoms with Crippen molar-refractivity contribution in [3.8, 4) is 0 Å². The summed E-state index contributed by atoms with van der Waals surface area (Å²) in [7, 11) is 0. The molecule has 2 bridgehead atoms. The zero-order chi connectivity index (χ0) is 10.4. The third-order valence-electron chi connectivity index (χ3n) is 3.61. The second kappa shape index (κ2) is 2.83. The molecule has 2 aliphatic carbocycles. The molecule has 0 aliphatic heterocycles. The molecule has 14 heavy (non-hydrogen) atoms. The summed E-state index contributed by atoms with van der Waals surface area (Å²) in [6.07, 6.45) is 4.41. The highest BCUT2D eigenvalue weighted by Crippen LogP contribution is 2.55. The minimum absolute atomic E-state index is 0.292. The van der Waals surface area contributed by atoms with Crippen LogP contribution in [0.5, 0.6) is 0 Å². The van der Waals surface area contributed by atoms with Crippen molar-refractivity contribution < 1.29 is 14.6 Å². The summed E-state index contributed by atoms with van der Waals surface area (Å²) in [6.45, 7) is 5.21. The molecular weight excluding hydrogens is 180 g/mol. The predicted molar refractivity (Wildman–Crippen MR) is 51.6 cm³/mol. The molecule has 0 aromatic carbocycles. The van der Waals surface area contributed by atoms with Crippen LogP contribution in [0.15, 0.2) is 12.7 Å². The molecule has 0 aromatic heterocycles. The quantitative estimate of drug-likeness (QED) is 0.536. The molecule has 2 fully saturated rings. The van der Waals surface area contributed by atoms with Gasteiger partial charge in [-0.1, -0.05) is 6.58 Å². The van der Waals surface area contributed by atoms with Gasteiger partial charge in [-0.25, -0.2) is 4.79 Å². The van der Waals surface area contributed by atoms with E-state index in [1.807, 2.05) is 6.92 Å². The van der Waals surface area contributed by atoms with E-state index < -0.39 is 11.2 Å². The van der Waals surface area contributed by atoms with Crippen molar-refractivity contribution in [3.05, 3.63) is 12.7 Å². The Morgan fingerprint density at radius 2 is 2.43 bits per heavy atom. The van der Waals surface area contributed by atoms with E-state index in [9.17, 15) is 9.90 Å². The lowest BCUT2D eigenvalue weighted by Gasteiger charge is -2.33. The number of ether oxygens (including phenoxy) is 1. The molecule has 3 nitrogen and oxygen atoms in total. The van der Waals surface area contributed by atoms with Crippen LogP contribution in [0.3, 0.4) is 0 Å². The zero-order valence-corrected chi connectivity index (χ0v) is 8.45. The molecule has 0 amide bonds. The van der Waals surface area contributed by atoms with Crippen molar-refractivity contribution in [2.75, 3.05) is 0 Å². The fourth-order valence-corrected chi connectivity index (χ4v) is 2.96. The van der Waals surface area contributed by atoms with E-state index in [2.05, 4.69) is 6.58 Å². The Hall–Kier alpha value is -0.830. The number of hydrogen-bond donors (Lipinski definition) is 1. The highest BCUT2D eigenvalue weighted by molar-refractivity contribution is 5.81. The Kier molecular flexibility index (Phi) is 1.96. The number of carbonyl (C=O) groups excluding carboxylic acids is 1. The van der Waals surface area contributed by atoms with E-state index in [4.69, 9.17) is 4.74 Å². The van der Waals surface area contributed by atoms with Crippen LogP contribution in [-0.4, -0.2) is 22.3 Å². The maximum absolute atomic E-state index is 11.1. The van der Waals surface area contributed by atoms with E-state index in [1.165, 1.54) is 6.08 Å². The predicted octanol–water partition coefficient (Wildman–Crippen LogP) is 1.41. The van der Waals surface area contributed by atoms with E-state index >= 15 is 0 Å². The van der Waals surface area contributed by atoms with Crippen LogP contribution in [0.25, 0.3) is 0 Å². The second-order valence-corrected chi connectivity index (χ2v) is 4.78. The van der Waals surface area contributed by atoms with Gasteiger partial charge < -0.3 is 9.84 Å². The summed E-state index contributed by atoms with van der Waals surface area (Å²) in [5.74, 6) is -0.0801. The first-order chi connectivity index (χ1) is 6.47. The SMILES string of the molecule is C=CC(=O)OC12CCC(C1)C(C)(O)C2. The Morgan fingerprint density at radius 3 is 2.86 bits per heavy atom. The molecule has 2 rings (SSSR count). The summed E-state index contributed by atoms with van der Waals surface area (Å²) < 4.78 is 5.36. The van der Waals surface area contributed by atoms with Gasteiger partial charge in [0, 0.05) is 12.5 Å². The molecule has 2 aliphatic rings. The Bertz CT molecular complexity index is 282. The molecule has 0 heterocycles. The molecule has 1 N–H and O–H groups in total. The van der Waals surface area contributed by atoms with Gasteiger partial charge in [0.1, 0.15) is 5.60 Å². The van der Waals surface area contributed by atoms with Crippen molar-refractivity contribution in [1.82, 2.24) is 0 Å². The third-order valence-corrected chi connectivity index (χ3v) is 3.61. The van der Waals surface area contributed by atoms with Gasteiger partial charge in [-0.05, 0) is 32.1 Å². The number of aliphatic hydroxyl groups is 1. The van der Waals surface area contributed by atoms with E-state index in [-0.39, 0.29) is 5.97 Å². The second-order valence-electron chi connectivity index (χ2n) is 4.78. The van der Waals surface area contributed by atoms with Crippen LogP contribution in [-0.2, 0) is 9.53 Å². The van der Waals surface area contributed by atoms with Crippen molar-refractivity contribution in [3.63, 3.8) is 0 Å². The molecule has 0 radical (unpaired) electrons. The summed E-state index contributed by atoms with van der Waals surface area (Å²) in [5, 5.41) is 10.0. The van der Waals surface area contributed by atoms with Gasteiger partial charge in [-0.15, -0.1) is 0 Å². The van der Waals surface area contributed by atoms with Gasteiger partial charge in [0.25, 0.3) is 0 Å². The minimum Gasteiger partial charge on any atom is -0.456 e. The highest BCUT2D eigenvalue weighted by atomic mass is 16.6. The number of rotatable bonds is 2. The van der Waals surface area contributed by atoms with Crippen LogP contribution in [0.1, 0.15) is 32.6 Å². The molecule has 0 aromatic rings. The van der Waals surface area contributed by atoms with Gasteiger partial charge in [-0.3, -0.25) is 0 Å². The van der Waals surface area contributed by atoms with Crippen LogP contribution in [0.4, 0.5) is 0 Å². The molecule has 3 heteroatoms. The van der Waals surface area contributed by atoms with Crippen LogP contribution in [0, 0.1) is 5.92 Å². The largest absolute Gasteiger partial charge is 0.456 e. The van der Waals surface area contributed by atoms with Crippen LogP contribution >= 0.6 is 0 Å². The summed E-state index contributed by atoms with van der Waals surface area (Å²) in [4.78, 5) is 11.1. The van der Waals surface area contributed by atoms with Gasteiger partial charge in [-0.2, -0.15) is 0 Å². The normalized spacial score (nSPS) is 45.1. The van der Waals surface area contributed by atoms with Gasteiger partial charge in [0.2, 0.25) is 0 Å². The lowest BCUT2D eigenvalue weighted by molar-refractivity contribution is -0.155. The zero-order valence-electron chi connectivity index (χ0n) is 8.45. The van der Waals surface area contributed by atoms with Crippen molar-refractivity contribution >= 4 is 5.97 Å². The summed E-state index contributed by atoms with van der Waals surface area (Å²) in [6, 6.07) is 0. The van der Waals surface area contributed by atoms with Gasteiger partial charge >= 0.3 is 5.97 Å². The standard InChI is InChI=1S/C11H16O3/c1-3-9(12)14-11-5-4-8(6-11)10(2,13)7-11/h3,8,13H,1,4-7H2,2H3. The van der Waals surface area contributed by atoms with E-state index in [0.717, 1.165) is 19.3 Å². The molecule has 0 saturated heterocycles. The first kappa shape index (κ1) is 9.71. The van der Waals surface area contributed by atoms with Crippen molar-refractivity contribution in [2.45, 2.75) is 43.8 Å². The molecule has 78 valence electrons. The van der Waals surface area contributed by atoms with E-state index in [1.54, 1.807) is 0 Å². The molecular formula is C11H16O3. The number of carbonyl (C=O) groups is 1. The molecule has 3 atom stereocenters. The summed E-state index contributed by atoms with van der Waals surface area (Å²) >= 11 is 0. The fourth-order valence-electron chi connectivity index (χ4n) is 2.96. The Morgan fingerprint density at radius 1 is 1.71 bits per heavy atom. The Balaban J connectivity index is 2.12. The molecule has 3 unspecified atom stereocenters. The number of hydrogen-bond acceptors (Lipinski definition) is 3. The van der Waals surface area contributed by atoms with Crippen molar-refractivity contribution in [1.29, 1.82) is 0 Å². The monoisotopic (exact) mass is 196 g/mol. The van der Waals surface area contributed by atoms with Gasteiger partial charge in [0.15, 0.2) is 0 Å². The lowest BCUT2D eigenvalue weighted by Crippen LogP contribution is -2.38. The lowest BCUT2D eigenvalue weighted by atomic mass is 9.84. The first-order valence-corrected chi connectivity index (χ1v) is 5.05. The van der Waals surface area contributed by atoms with Gasteiger partial charge in [0.05, 0.1) is 5.60 Å². The number of esters is 1. The minimum atomic E-state index is -0.653. The topological polar surface area (TPSA) is 46.5 Å². The molecule has 2 saturated carbocycles. The smallest absolute Gasteiger partial charge is 0.330 e. The first-order valence-electron chi connectivity index (χ1n) is 5.05. The maximum Gasteiger partial charge on any atom is 0.330 e. The Labute approximate surface area is 83.8 Å². The van der Waals surface area contributed by atoms with Crippen molar-refractivity contribution in [2.24, 2.45) is 5.92 Å². The number of fused-ring (bicyclic) bond motifs is 2. The third kappa shape index (κ3) is 1.36. The summed E-state index contributed by atoms with van der Waals surface area (Å²) in [5.41, 5.74) is -1.06. The average molecular weight is 196 g/mol. The van der Waals surface area contributed by atoms with E-state index in [0.29, 0.717) is 12.3 Å².